The number of nitrogens with two attached hydrogens (primary N) is 1. The topological polar surface area (TPSA) is 75.7 Å². The number of benzene rings is 2. The molecule has 4 rings (SSSR count). The van der Waals surface area contributed by atoms with E-state index in [1.165, 1.54) is 0 Å². The summed E-state index contributed by atoms with van der Waals surface area (Å²) < 4.78 is 18.9. The van der Waals surface area contributed by atoms with Gasteiger partial charge in [-0.3, -0.25) is 4.79 Å². The highest BCUT2D eigenvalue weighted by atomic mass is 16.6. The highest BCUT2D eigenvalue weighted by Gasteiger charge is 2.19. The third kappa shape index (κ3) is 3.66. The van der Waals surface area contributed by atoms with Gasteiger partial charge in [-0.2, -0.15) is 0 Å². The van der Waals surface area contributed by atoms with Crippen molar-refractivity contribution in [1.82, 2.24) is 4.57 Å². The lowest BCUT2D eigenvalue weighted by molar-refractivity contribution is 0.0999. The maximum Gasteiger partial charge on any atom is 0.250 e. The fourth-order valence-corrected chi connectivity index (χ4v) is 3.77. The van der Waals surface area contributed by atoms with E-state index in [0.29, 0.717) is 31.1 Å². The van der Waals surface area contributed by atoms with Crippen molar-refractivity contribution in [3.05, 3.63) is 65.4 Å². The first-order valence-corrected chi connectivity index (χ1v) is 9.60. The van der Waals surface area contributed by atoms with Crippen molar-refractivity contribution in [2.75, 3.05) is 20.3 Å². The second kappa shape index (κ2) is 7.91. The van der Waals surface area contributed by atoms with Gasteiger partial charge in [-0.1, -0.05) is 18.2 Å². The normalized spacial score (nSPS) is 12.6. The summed E-state index contributed by atoms with van der Waals surface area (Å²) in [4.78, 5) is 12.0. The van der Waals surface area contributed by atoms with Crippen LogP contribution in [-0.4, -0.2) is 30.8 Å². The molecule has 2 aromatic carbocycles. The number of carbonyl (C=O) groups excluding carboxylic acids is 1. The highest BCUT2D eigenvalue weighted by Crippen LogP contribution is 2.36. The van der Waals surface area contributed by atoms with Crippen molar-refractivity contribution in [2.24, 2.45) is 5.73 Å². The van der Waals surface area contributed by atoms with Gasteiger partial charge in [0.05, 0.1) is 12.7 Å². The van der Waals surface area contributed by atoms with Crippen LogP contribution in [0.1, 0.15) is 21.6 Å². The molecule has 0 unspecified atom stereocenters. The number of aromatic nitrogens is 1. The molecule has 0 saturated heterocycles. The van der Waals surface area contributed by atoms with E-state index in [2.05, 4.69) is 10.6 Å². The predicted molar refractivity (Wildman–Crippen MR) is 111 cm³/mol. The van der Waals surface area contributed by atoms with Crippen molar-refractivity contribution in [2.45, 2.75) is 19.9 Å². The molecule has 0 aliphatic carbocycles. The molecule has 6 nitrogen and oxygen atoms in total. The molecular formula is C23H24N2O4. The van der Waals surface area contributed by atoms with Crippen LogP contribution in [0.5, 0.6) is 17.2 Å². The van der Waals surface area contributed by atoms with E-state index in [4.69, 9.17) is 19.9 Å². The number of aryl methyl sites for hydroxylation is 1. The summed E-state index contributed by atoms with van der Waals surface area (Å²) in [5.41, 5.74) is 9.97. The van der Waals surface area contributed by atoms with Crippen LogP contribution in [0.3, 0.4) is 0 Å². The fourth-order valence-electron chi connectivity index (χ4n) is 3.77. The van der Waals surface area contributed by atoms with Crippen LogP contribution in [0.2, 0.25) is 0 Å². The van der Waals surface area contributed by atoms with Crippen molar-refractivity contribution in [3.63, 3.8) is 0 Å². The van der Waals surface area contributed by atoms with Gasteiger partial charge in [0.15, 0.2) is 11.5 Å². The first-order valence-electron chi connectivity index (χ1n) is 9.60. The summed E-state index contributed by atoms with van der Waals surface area (Å²) >= 11 is 0. The Labute approximate surface area is 169 Å². The lowest BCUT2D eigenvalue weighted by atomic mass is 10.1. The van der Waals surface area contributed by atoms with Crippen molar-refractivity contribution in [3.8, 4) is 28.5 Å². The molecule has 2 heterocycles. The number of hydrogen-bond acceptors (Lipinski definition) is 4. The maximum absolute atomic E-state index is 12.0. The number of rotatable bonds is 6. The SMILES string of the molecule is COc1ccccc1CCn1c(-c2ccc3c(c2)OCCO3)cc(C(N)=O)c1C. The maximum atomic E-state index is 12.0. The number of hydrogen-bond donors (Lipinski definition) is 1. The quantitative estimate of drug-likeness (QED) is 0.696. The largest absolute Gasteiger partial charge is 0.496 e. The Kier molecular flexibility index (Phi) is 5.16. The molecule has 150 valence electrons. The van der Waals surface area contributed by atoms with Gasteiger partial charge in [0, 0.05) is 23.5 Å². The number of carbonyl (C=O) groups is 1. The van der Waals surface area contributed by atoms with E-state index in [1.807, 2.05) is 49.4 Å². The van der Waals surface area contributed by atoms with E-state index in [1.54, 1.807) is 7.11 Å². The van der Waals surface area contributed by atoms with Crippen LogP contribution in [0.15, 0.2) is 48.5 Å². The Morgan fingerprint density at radius 2 is 1.86 bits per heavy atom. The molecule has 0 fully saturated rings. The van der Waals surface area contributed by atoms with E-state index < -0.39 is 5.91 Å². The molecule has 2 N–H and O–H groups in total. The molecule has 6 heteroatoms. The molecule has 0 bridgehead atoms. The monoisotopic (exact) mass is 392 g/mol. The molecular weight excluding hydrogens is 368 g/mol. The number of amides is 1. The standard InChI is InChI=1S/C23H24N2O4/c1-15-18(23(24)26)14-19(17-7-8-21-22(13-17)29-12-11-28-21)25(15)10-9-16-5-3-4-6-20(16)27-2/h3-8,13-14H,9-12H2,1-2H3,(H2,24,26). The smallest absolute Gasteiger partial charge is 0.250 e. The van der Waals surface area contributed by atoms with Crippen LogP contribution in [-0.2, 0) is 13.0 Å². The number of para-hydroxylation sites is 1. The number of nitrogens with zero attached hydrogens (tertiary/aromatic N) is 1. The molecule has 1 aliphatic rings. The molecule has 1 amide bonds. The average molecular weight is 392 g/mol. The lowest BCUT2D eigenvalue weighted by Gasteiger charge is -2.19. The van der Waals surface area contributed by atoms with Gasteiger partial charge >= 0.3 is 0 Å². The first kappa shape index (κ1) is 18.9. The zero-order valence-electron chi connectivity index (χ0n) is 16.6. The van der Waals surface area contributed by atoms with Crippen LogP contribution in [0.25, 0.3) is 11.3 Å². The van der Waals surface area contributed by atoms with Crippen molar-refractivity contribution in [1.29, 1.82) is 0 Å². The molecule has 0 radical (unpaired) electrons. The van der Waals surface area contributed by atoms with Crippen molar-refractivity contribution >= 4 is 5.91 Å². The summed E-state index contributed by atoms with van der Waals surface area (Å²) in [5.74, 6) is 1.87. The van der Waals surface area contributed by atoms with E-state index in [9.17, 15) is 4.79 Å². The fraction of sp³-hybridized carbons (Fsp3) is 0.261. The number of fused-ring (bicyclic) bond motifs is 1. The van der Waals surface area contributed by atoms with Gasteiger partial charge in [-0.15, -0.1) is 0 Å². The minimum Gasteiger partial charge on any atom is -0.496 e. The third-order valence-electron chi connectivity index (χ3n) is 5.27. The average Bonchev–Trinajstić information content (AvgIpc) is 3.08. The highest BCUT2D eigenvalue weighted by molar-refractivity contribution is 5.95. The Morgan fingerprint density at radius 3 is 2.62 bits per heavy atom. The molecule has 3 aromatic rings. The third-order valence-corrected chi connectivity index (χ3v) is 5.27. The molecule has 0 saturated carbocycles. The Bertz CT molecular complexity index is 1060. The minimum atomic E-state index is -0.433. The number of methoxy groups -OCH3 is 1. The lowest BCUT2D eigenvalue weighted by Crippen LogP contribution is -2.15. The van der Waals surface area contributed by atoms with Crippen molar-refractivity contribution < 1.29 is 19.0 Å². The van der Waals surface area contributed by atoms with Crippen LogP contribution < -0.4 is 19.9 Å². The second-order valence-electron chi connectivity index (χ2n) is 6.96. The van der Waals surface area contributed by atoms with Crippen LogP contribution in [0.4, 0.5) is 0 Å². The number of ether oxygens (including phenoxy) is 3. The van der Waals surface area contributed by atoms with E-state index in [0.717, 1.165) is 40.4 Å². The van der Waals surface area contributed by atoms with Gasteiger partial charge in [-0.25, -0.2) is 0 Å². The first-order chi connectivity index (χ1) is 14.1. The van der Waals surface area contributed by atoms with Gasteiger partial charge in [0.2, 0.25) is 0 Å². The molecule has 29 heavy (non-hydrogen) atoms. The van der Waals surface area contributed by atoms with E-state index >= 15 is 0 Å². The summed E-state index contributed by atoms with van der Waals surface area (Å²) in [6, 6.07) is 15.6. The van der Waals surface area contributed by atoms with Crippen LogP contribution in [0, 0.1) is 6.92 Å². The Balaban J connectivity index is 1.72. The zero-order chi connectivity index (χ0) is 20.4. The van der Waals surface area contributed by atoms with Crippen LogP contribution >= 0.6 is 0 Å². The molecule has 1 aliphatic heterocycles. The Morgan fingerprint density at radius 1 is 1.10 bits per heavy atom. The van der Waals surface area contributed by atoms with Gasteiger partial charge < -0.3 is 24.5 Å². The second-order valence-corrected chi connectivity index (χ2v) is 6.96. The van der Waals surface area contributed by atoms with Gasteiger partial charge in [-0.05, 0) is 49.2 Å². The number of primary amides is 1. The predicted octanol–water partition coefficient (Wildman–Crippen LogP) is 3.58. The van der Waals surface area contributed by atoms with E-state index in [-0.39, 0.29) is 0 Å². The summed E-state index contributed by atoms with van der Waals surface area (Å²) in [7, 11) is 1.67. The molecule has 0 spiro atoms. The van der Waals surface area contributed by atoms with Gasteiger partial charge in [0.25, 0.3) is 5.91 Å². The van der Waals surface area contributed by atoms with Gasteiger partial charge in [0.1, 0.15) is 19.0 Å². The summed E-state index contributed by atoms with van der Waals surface area (Å²) in [6.45, 7) is 3.68. The summed E-state index contributed by atoms with van der Waals surface area (Å²) in [5, 5.41) is 0. The molecule has 1 aromatic heterocycles. The molecule has 0 atom stereocenters. The zero-order valence-corrected chi connectivity index (χ0v) is 16.6. The minimum absolute atomic E-state index is 0.433. The Hall–Kier alpha value is -3.41. The summed E-state index contributed by atoms with van der Waals surface area (Å²) in [6.07, 6.45) is 0.759.